The smallest absolute Gasteiger partial charge is 0.252 e. The van der Waals surface area contributed by atoms with Gasteiger partial charge in [0.2, 0.25) is 5.91 Å². The molecule has 1 aliphatic heterocycles. The summed E-state index contributed by atoms with van der Waals surface area (Å²) in [5, 5.41) is 8.77. The van der Waals surface area contributed by atoms with E-state index in [4.69, 9.17) is 0 Å². The lowest BCUT2D eigenvalue weighted by Gasteiger charge is -2.10. The summed E-state index contributed by atoms with van der Waals surface area (Å²) in [6, 6.07) is 3.91. The molecule has 1 heterocycles. The highest BCUT2D eigenvalue weighted by molar-refractivity contribution is 9.10. The highest BCUT2D eigenvalue weighted by atomic mass is 79.9. The molecular formula is C16H21BrFN3O2. The Balaban J connectivity index is 1.64. The Morgan fingerprint density at radius 2 is 2.13 bits per heavy atom. The molecule has 23 heavy (non-hydrogen) atoms. The summed E-state index contributed by atoms with van der Waals surface area (Å²) in [6.45, 7) is 2.96. The van der Waals surface area contributed by atoms with Crippen LogP contribution in [0.15, 0.2) is 22.7 Å². The van der Waals surface area contributed by atoms with Gasteiger partial charge in [-0.2, -0.15) is 0 Å². The first-order valence-electron chi connectivity index (χ1n) is 7.77. The van der Waals surface area contributed by atoms with Gasteiger partial charge in [-0.15, -0.1) is 0 Å². The van der Waals surface area contributed by atoms with Crippen molar-refractivity contribution in [2.75, 3.05) is 26.2 Å². The lowest BCUT2D eigenvalue weighted by molar-refractivity contribution is -0.120. The Morgan fingerprint density at radius 3 is 2.87 bits per heavy atom. The number of benzene rings is 1. The summed E-state index contributed by atoms with van der Waals surface area (Å²) in [4.78, 5) is 23.6. The minimum Gasteiger partial charge on any atom is -0.356 e. The number of nitrogens with one attached hydrogen (secondary N) is 3. The molecule has 2 rings (SSSR count). The van der Waals surface area contributed by atoms with Gasteiger partial charge in [-0.25, -0.2) is 4.39 Å². The average Bonchev–Trinajstić information content (AvgIpc) is 3.03. The van der Waals surface area contributed by atoms with Crippen LogP contribution in [0.3, 0.4) is 0 Å². The molecule has 5 nitrogen and oxygen atoms in total. The van der Waals surface area contributed by atoms with Crippen molar-refractivity contribution in [3.63, 3.8) is 0 Å². The van der Waals surface area contributed by atoms with Crippen molar-refractivity contribution in [3.8, 4) is 0 Å². The monoisotopic (exact) mass is 385 g/mol. The Morgan fingerprint density at radius 1 is 1.30 bits per heavy atom. The molecular weight excluding hydrogens is 365 g/mol. The minimum absolute atomic E-state index is 0.0884. The number of amides is 2. The predicted octanol–water partition coefficient (Wildman–Crippen LogP) is 1.82. The SMILES string of the molecule is O=C(CCNC(=O)c1cc(F)ccc1Br)NCCC1CCNC1. The standard InChI is InChI=1S/C16H21BrFN3O2/c17-14-2-1-12(18)9-13(14)16(23)21-8-5-15(22)20-7-4-11-3-6-19-10-11/h1-2,9,11,19H,3-8,10H2,(H,20,22)(H,21,23). The molecule has 0 bridgehead atoms. The summed E-state index contributed by atoms with van der Waals surface area (Å²) in [7, 11) is 0. The maximum atomic E-state index is 13.2. The maximum absolute atomic E-state index is 13.2. The maximum Gasteiger partial charge on any atom is 0.252 e. The van der Waals surface area contributed by atoms with Crippen molar-refractivity contribution >= 4 is 27.7 Å². The molecule has 0 aliphatic carbocycles. The molecule has 7 heteroatoms. The van der Waals surface area contributed by atoms with E-state index in [1.54, 1.807) is 0 Å². The van der Waals surface area contributed by atoms with Gasteiger partial charge in [0.1, 0.15) is 5.82 Å². The van der Waals surface area contributed by atoms with Gasteiger partial charge in [-0.05, 0) is 66.0 Å². The average molecular weight is 386 g/mol. The molecule has 1 atom stereocenters. The van der Waals surface area contributed by atoms with E-state index in [2.05, 4.69) is 31.9 Å². The predicted molar refractivity (Wildman–Crippen MR) is 89.7 cm³/mol. The Labute approximate surface area is 143 Å². The van der Waals surface area contributed by atoms with Gasteiger partial charge in [0.05, 0.1) is 5.56 Å². The Kier molecular flexibility index (Phi) is 6.98. The van der Waals surface area contributed by atoms with Crippen LogP contribution in [0.1, 0.15) is 29.6 Å². The van der Waals surface area contributed by atoms with Crippen LogP contribution in [-0.4, -0.2) is 38.0 Å². The molecule has 126 valence electrons. The molecule has 1 fully saturated rings. The van der Waals surface area contributed by atoms with Crippen molar-refractivity contribution in [2.45, 2.75) is 19.3 Å². The van der Waals surface area contributed by atoms with E-state index < -0.39 is 11.7 Å². The van der Waals surface area contributed by atoms with Crippen molar-refractivity contribution in [2.24, 2.45) is 5.92 Å². The van der Waals surface area contributed by atoms with Gasteiger partial charge in [0, 0.05) is 24.0 Å². The number of carbonyl (C=O) groups excluding carboxylic acids is 2. The zero-order valence-electron chi connectivity index (χ0n) is 12.8. The number of rotatable bonds is 7. The number of hydrogen-bond donors (Lipinski definition) is 3. The molecule has 0 aromatic heterocycles. The van der Waals surface area contributed by atoms with E-state index in [9.17, 15) is 14.0 Å². The zero-order chi connectivity index (χ0) is 16.7. The molecule has 1 aromatic carbocycles. The van der Waals surface area contributed by atoms with E-state index in [-0.39, 0.29) is 24.4 Å². The lowest BCUT2D eigenvalue weighted by Crippen LogP contribution is -2.32. The van der Waals surface area contributed by atoms with Crippen molar-refractivity contribution < 1.29 is 14.0 Å². The molecule has 1 aliphatic rings. The van der Waals surface area contributed by atoms with Crippen LogP contribution >= 0.6 is 15.9 Å². The fraction of sp³-hybridized carbons (Fsp3) is 0.500. The third kappa shape index (κ3) is 5.91. The normalized spacial score (nSPS) is 17.0. The van der Waals surface area contributed by atoms with Crippen molar-refractivity contribution in [1.29, 1.82) is 0 Å². The first-order valence-corrected chi connectivity index (χ1v) is 8.56. The van der Waals surface area contributed by atoms with Gasteiger partial charge in [0.25, 0.3) is 5.91 Å². The molecule has 1 saturated heterocycles. The second-order valence-corrected chi connectivity index (χ2v) is 6.48. The first kappa shape index (κ1) is 17.9. The van der Waals surface area contributed by atoms with E-state index in [1.165, 1.54) is 12.1 Å². The minimum atomic E-state index is -0.475. The third-order valence-electron chi connectivity index (χ3n) is 3.85. The summed E-state index contributed by atoms with van der Waals surface area (Å²) < 4.78 is 13.7. The quantitative estimate of drug-likeness (QED) is 0.670. The second-order valence-electron chi connectivity index (χ2n) is 5.63. The highest BCUT2D eigenvalue weighted by Gasteiger charge is 2.14. The van der Waals surface area contributed by atoms with Crippen LogP contribution in [0.2, 0.25) is 0 Å². The van der Waals surface area contributed by atoms with Crippen molar-refractivity contribution in [3.05, 3.63) is 34.1 Å². The van der Waals surface area contributed by atoms with Crippen LogP contribution in [0, 0.1) is 11.7 Å². The van der Waals surface area contributed by atoms with E-state index >= 15 is 0 Å². The van der Waals surface area contributed by atoms with Crippen LogP contribution in [0.5, 0.6) is 0 Å². The number of carbonyl (C=O) groups is 2. The second kappa shape index (κ2) is 8.98. The van der Waals surface area contributed by atoms with Gasteiger partial charge in [-0.3, -0.25) is 9.59 Å². The van der Waals surface area contributed by atoms with Gasteiger partial charge < -0.3 is 16.0 Å². The van der Waals surface area contributed by atoms with Crippen LogP contribution in [0.25, 0.3) is 0 Å². The molecule has 3 N–H and O–H groups in total. The molecule has 0 radical (unpaired) electrons. The molecule has 2 amide bonds. The summed E-state index contributed by atoms with van der Waals surface area (Å²) >= 11 is 3.21. The highest BCUT2D eigenvalue weighted by Crippen LogP contribution is 2.17. The topological polar surface area (TPSA) is 70.2 Å². The zero-order valence-corrected chi connectivity index (χ0v) is 14.4. The van der Waals surface area contributed by atoms with Crippen molar-refractivity contribution in [1.82, 2.24) is 16.0 Å². The number of hydrogen-bond acceptors (Lipinski definition) is 3. The molecule has 0 spiro atoms. The third-order valence-corrected chi connectivity index (χ3v) is 4.54. The van der Waals surface area contributed by atoms with E-state index in [0.717, 1.165) is 32.0 Å². The van der Waals surface area contributed by atoms with Crippen LogP contribution in [0.4, 0.5) is 4.39 Å². The Hall–Kier alpha value is -1.47. The fourth-order valence-corrected chi connectivity index (χ4v) is 2.95. The fourth-order valence-electron chi connectivity index (χ4n) is 2.52. The number of halogens is 2. The summed E-state index contributed by atoms with van der Waals surface area (Å²) in [6.07, 6.45) is 2.34. The van der Waals surface area contributed by atoms with E-state index in [0.29, 0.717) is 16.9 Å². The van der Waals surface area contributed by atoms with E-state index in [1.807, 2.05) is 0 Å². The first-order chi connectivity index (χ1) is 11.1. The van der Waals surface area contributed by atoms with Gasteiger partial charge >= 0.3 is 0 Å². The summed E-state index contributed by atoms with van der Waals surface area (Å²) in [5.74, 6) is -0.325. The van der Waals surface area contributed by atoms with Gasteiger partial charge in [0.15, 0.2) is 0 Å². The molecule has 1 aromatic rings. The van der Waals surface area contributed by atoms with Crippen LogP contribution < -0.4 is 16.0 Å². The molecule has 1 unspecified atom stereocenters. The largest absolute Gasteiger partial charge is 0.356 e. The lowest BCUT2D eigenvalue weighted by atomic mass is 10.1. The Bertz CT molecular complexity index is 562. The molecule has 0 saturated carbocycles. The van der Waals surface area contributed by atoms with Gasteiger partial charge in [-0.1, -0.05) is 0 Å². The summed E-state index contributed by atoms with van der Waals surface area (Å²) in [5.41, 5.74) is 0.221. The van der Waals surface area contributed by atoms with Crippen LogP contribution in [-0.2, 0) is 4.79 Å².